The Hall–Kier alpha value is -3.21. The zero-order valence-corrected chi connectivity index (χ0v) is 15.4. The van der Waals surface area contributed by atoms with E-state index in [9.17, 15) is 4.79 Å². The van der Waals surface area contributed by atoms with E-state index in [0.29, 0.717) is 35.3 Å². The summed E-state index contributed by atoms with van der Waals surface area (Å²) >= 11 is 0. The van der Waals surface area contributed by atoms with Gasteiger partial charge in [0.05, 0.1) is 25.5 Å². The molecule has 0 aliphatic carbocycles. The van der Waals surface area contributed by atoms with Crippen LogP contribution in [0, 0.1) is 0 Å². The Morgan fingerprint density at radius 3 is 2.93 bits per heavy atom. The van der Waals surface area contributed by atoms with Crippen LogP contribution in [0.2, 0.25) is 0 Å². The van der Waals surface area contributed by atoms with Crippen molar-refractivity contribution in [1.82, 2.24) is 0 Å². The molecule has 4 rings (SSSR count). The molecule has 0 fully saturated rings. The molecule has 1 N–H and O–H groups in total. The lowest BCUT2D eigenvalue weighted by Crippen LogP contribution is -2.29. The monoisotopic (exact) mass is 362 g/mol. The van der Waals surface area contributed by atoms with Gasteiger partial charge in [-0.25, -0.2) is 0 Å². The molecule has 1 amide bonds. The van der Waals surface area contributed by atoms with Gasteiger partial charge in [0.1, 0.15) is 11.5 Å². The number of amides is 1. The van der Waals surface area contributed by atoms with Crippen LogP contribution in [0.3, 0.4) is 0 Å². The first-order valence-electron chi connectivity index (χ1n) is 9.02. The van der Waals surface area contributed by atoms with Crippen molar-refractivity contribution in [3.63, 3.8) is 0 Å². The third-order valence-electron chi connectivity index (χ3n) is 4.98. The van der Waals surface area contributed by atoms with Crippen LogP contribution < -0.4 is 15.0 Å². The molecule has 0 spiro atoms. The molecule has 138 valence electrons. The number of ether oxygens (including phenoxy) is 1. The minimum atomic E-state index is -0.188. The van der Waals surface area contributed by atoms with Gasteiger partial charge in [0, 0.05) is 23.5 Å². The number of anilines is 2. The molecular formula is C22H22N2O3. The Balaban J connectivity index is 1.53. The van der Waals surface area contributed by atoms with Crippen LogP contribution in [0.5, 0.6) is 5.75 Å². The fourth-order valence-electron chi connectivity index (χ4n) is 3.59. The van der Waals surface area contributed by atoms with Gasteiger partial charge in [-0.1, -0.05) is 24.3 Å². The minimum absolute atomic E-state index is 0.188. The van der Waals surface area contributed by atoms with Crippen molar-refractivity contribution in [2.45, 2.75) is 25.9 Å². The van der Waals surface area contributed by atoms with Gasteiger partial charge in [0.25, 0.3) is 5.91 Å². The van der Waals surface area contributed by atoms with E-state index in [2.05, 4.69) is 35.3 Å². The quantitative estimate of drug-likeness (QED) is 0.726. The molecule has 5 heteroatoms. The first-order chi connectivity index (χ1) is 13.2. The second-order valence-electron chi connectivity index (χ2n) is 6.75. The van der Waals surface area contributed by atoms with Gasteiger partial charge in [0.15, 0.2) is 0 Å². The van der Waals surface area contributed by atoms with Crippen molar-refractivity contribution in [3.05, 3.63) is 77.7 Å². The van der Waals surface area contributed by atoms with E-state index < -0.39 is 0 Å². The van der Waals surface area contributed by atoms with E-state index in [1.165, 1.54) is 11.3 Å². The lowest BCUT2D eigenvalue weighted by Gasteiger charge is -2.24. The number of hydrogen-bond donors (Lipinski definition) is 1. The third kappa shape index (κ3) is 3.40. The van der Waals surface area contributed by atoms with Gasteiger partial charge in [-0.05, 0) is 43.2 Å². The third-order valence-corrected chi connectivity index (χ3v) is 4.98. The molecule has 1 unspecified atom stereocenters. The summed E-state index contributed by atoms with van der Waals surface area (Å²) < 4.78 is 10.9. The van der Waals surface area contributed by atoms with Crippen molar-refractivity contribution in [2.24, 2.45) is 0 Å². The van der Waals surface area contributed by atoms with Gasteiger partial charge >= 0.3 is 0 Å². The normalized spacial score (nSPS) is 15.5. The van der Waals surface area contributed by atoms with Crippen LogP contribution in [0.1, 0.15) is 28.6 Å². The number of benzene rings is 2. The summed E-state index contributed by atoms with van der Waals surface area (Å²) in [5.74, 6) is 1.17. The molecular weight excluding hydrogens is 340 g/mol. The predicted molar refractivity (Wildman–Crippen MR) is 105 cm³/mol. The molecule has 2 heterocycles. The topological polar surface area (TPSA) is 54.7 Å². The Labute approximate surface area is 158 Å². The number of nitrogens with zero attached hydrogens (tertiary/aromatic N) is 1. The Bertz CT molecular complexity index is 963. The zero-order chi connectivity index (χ0) is 18.8. The smallest absolute Gasteiger partial charge is 0.259 e. The Morgan fingerprint density at radius 2 is 2.07 bits per heavy atom. The lowest BCUT2D eigenvalue weighted by molar-refractivity contribution is 0.102. The maximum Gasteiger partial charge on any atom is 0.259 e. The average molecular weight is 362 g/mol. The van der Waals surface area contributed by atoms with E-state index in [1.807, 2.05) is 24.3 Å². The number of hydrogen-bond acceptors (Lipinski definition) is 4. The van der Waals surface area contributed by atoms with E-state index in [-0.39, 0.29) is 5.91 Å². The molecule has 0 bridgehead atoms. The van der Waals surface area contributed by atoms with E-state index in [0.717, 1.165) is 6.42 Å². The molecule has 0 radical (unpaired) electrons. The number of furan rings is 1. The van der Waals surface area contributed by atoms with Gasteiger partial charge < -0.3 is 19.4 Å². The Morgan fingerprint density at radius 1 is 1.22 bits per heavy atom. The minimum Gasteiger partial charge on any atom is -0.497 e. The number of carbonyl (C=O) groups excluding carboxylic acids is 1. The summed E-state index contributed by atoms with van der Waals surface area (Å²) in [6.07, 6.45) is 2.57. The number of carbonyl (C=O) groups is 1. The number of methoxy groups -OCH3 is 1. The van der Waals surface area contributed by atoms with Crippen LogP contribution in [0.15, 0.2) is 65.3 Å². The maximum atomic E-state index is 12.8. The molecule has 1 aromatic heterocycles. The number of rotatable bonds is 5. The molecule has 1 aliphatic heterocycles. The summed E-state index contributed by atoms with van der Waals surface area (Å²) in [5.41, 5.74) is 3.78. The van der Waals surface area contributed by atoms with Crippen molar-refractivity contribution >= 4 is 17.3 Å². The molecule has 1 aliphatic rings. The van der Waals surface area contributed by atoms with Crippen molar-refractivity contribution in [1.29, 1.82) is 0 Å². The van der Waals surface area contributed by atoms with Crippen LogP contribution in [-0.2, 0) is 13.0 Å². The highest BCUT2D eigenvalue weighted by molar-refractivity contribution is 6.05. The first-order valence-corrected chi connectivity index (χ1v) is 9.02. The highest BCUT2D eigenvalue weighted by Crippen LogP contribution is 2.33. The molecule has 0 saturated carbocycles. The molecule has 5 nitrogen and oxygen atoms in total. The second kappa shape index (κ2) is 7.19. The highest BCUT2D eigenvalue weighted by atomic mass is 16.5. The van der Waals surface area contributed by atoms with E-state index in [4.69, 9.17) is 9.15 Å². The van der Waals surface area contributed by atoms with Crippen LogP contribution in [0.25, 0.3) is 0 Å². The molecule has 27 heavy (non-hydrogen) atoms. The maximum absolute atomic E-state index is 12.8. The Kier molecular flexibility index (Phi) is 4.59. The summed E-state index contributed by atoms with van der Waals surface area (Å²) in [5, 5.41) is 2.92. The molecule has 3 aromatic rings. The number of fused-ring (bicyclic) bond motifs is 1. The van der Waals surface area contributed by atoms with Crippen molar-refractivity contribution in [3.8, 4) is 5.75 Å². The highest BCUT2D eigenvalue weighted by Gasteiger charge is 2.28. The van der Waals surface area contributed by atoms with Gasteiger partial charge in [-0.15, -0.1) is 0 Å². The van der Waals surface area contributed by atoms with Gasteiger partial charge in [-0.2, -0.15) is 0 Å². The average Bonchev–Trinajstić information content (AvgIpc) is 3.27. The fraction of sp³-hybridized carbons (Fsp3) is 0.227. The van der Waals surface area contributed by atoms with Gasteiger partial charge in [-0.3, -0.25) is 4.79 Å². The number of nitrogens with one attached hydrogen (secondary N) is 1. The molecule has 2 aromatic carbocycles. The lowest BCUT2D eigenvalue weighted by atomic mass is 10.1. The van der Waals surface area contributed by atoms with Crippen LogP contribution in [-0.4, -0.2) is 19.1 Å². The summed E-state index contributed by atoms with van der Waals surface area (Å²) in [4.78, 5) is 15.1. The summed E-state index contributed by atoms with van der Waals surface area (Å²) in [6.45, 7) is 2.75. The first kappa shape index (κ1) is 17.2. The summed E-state index contributed by atoms with van der Waals surface area (Å²) in [6, 6.07) is 17.8. The predicted octanol–water partition coefficient (Wildman–Crippen LogP) is 4.49. The zero-order valence-electron chi connectivity index (χ0n) is 15.4. The molecule has 1 atom stereocenters. The fourth-order valence-corrected chi connectivity index (χ4v) is 3.59. The summed E-state index contributed by atoms with van der Waals surface area (Å²) in [7, 11) is 1.60. The van der Waals surface area contributed by atoms with Gasteiger partial charge in [0.2, 0.25) is 0 Å². The van der Waals surface area contributed by atoms with E-state index in [1.54, 1.807) is 25.5 Å². The number of para-hydroxylation sites is 1. The second-order valence-corrected chi connectivity index (χ2v) is 6.75. The van der Waals surface area contributed by atoms with Crippen LogP contribution >= 0.6 is 0 Å². The standard InChI is InChI=1S/C22H22N2O3/c1-15-12-16-6-3-4-9-20(16)24(15)14-21-19(10-11-27-21)22(25)23-17-7-5-8-18(13-17)26-2/h3-11,13,15H,12,14H2,1-2H3,(H,23,25). The van der Waals surface area contributed by atoms with E-state index >= 15 is 0 Å². The molecule has 0 saturated heterocycles. The van der Waals surface area contributed by atoms with Crippen LogP contribution in [0.4, 0.5) is 11.4 Å². The van der Waals surface area contributed by atoms with Crippen molar-refractivity contribution < 1.29 is 13.9 Å². The van der Waals surface area contributed by atoms with Crippen molar-refractivity contribution in [2.75, 3.05) is 17.3 Å². The SMILES string of the molecule is COc1cccc(NC(=O)c2ccoc2CN2c3ccccc3CC2C)c1. The largest absolute Gasteiger partial charge is 0.497 e.